The number of nitrogens with one attached hydrogen (secondary N) is 5. The van der Waals surface area contributed by atoms with Gasteiger partial charge < -0.3 is 30.7 Å². The van der Waals surface area contributed by atoms with E-state index in [2.05, 4.69) is 33.4 Å². The van der Waals surface area contributed by atoms with Crippen LogP contribution in [0.2, 0.25) is 0 Å². The summed E-state index contributed by atoms with van der Waals surface area (Å²) in [7, 11) is 1.64. The van der Waals surface area contributed by atoms with Gasteiger partial charge in [-0.2, -0.15) is 0 Å². The number of amides is 2. The number of ether oxygens (including phenoxy) is 2. The number of hydrogen-bond donors (Lipinski definition) is 5. The fourth-order valence-electron chi connectivity index (χ4n) is 5.56. The molecule has 5 N–H and O–H groups in total. The lowest BCUT2D eigenvalue weighted by molar-refractivity contribution is -0.149. The summed E-state index contributed by atoms with van der Waals surface area (Å²) in [6, 6.07) is 22.0. The lowest BCUT2D eigenvalue weighted by atomic mass is 9.98. The van der Waals surface area contributed by atoms with Crippen molar-refractivity contribution >= 4 is 23.9 Å². The van der Waals surface area contributed by atoms with Gasteiger partial charge in [-0.1, -0.05) is 92.2 Å². The first-order valence-electron chi connectivity index (χ1n) is 15.8. The highest BCUT2D eigenvalue weighted by Gasteiger charge is 2.31. The van der Waals surface area contributed by atoms with Crippen molar-refractivity contribution in [2.45, 2.75) is 64.6 Å². The normalized spacial score (nSPS) is 13.2. The summed E-state index contributed by atoms with van der Waals surface area (Å²) >= 11 is 0. The number of rotatable bonds is 14. The van der Waals surface area contributed by atoms with Crippen LogP contribution in [-0.2, 0) is 25.7 Å². The summed E-state index contributed by atoms with van der Waals surface area (Å²) in [6.07, 6.45) is 0.378. The van der Waals surface area contributed by atoms with Crippen LogP contribution >= 0.6 is 0 Å². The molecule has 0 unspecified atom stereocenters. The van der Waals surface area contributed by atoms with Crippen molar-refractivity contribution in [2.24, 2.45) is 5.92 Å². The zero-order chi connectivity index (χ0) is 33.1. The first-order valence-corrected chi connectivity index (χ1v) is 15.8. The minimum Gasteiger partial charge on any atom is -0.459 e. The Morgan fingerprint density at radius 3 is 2.09 bits per heavy atom. The van der Waals surface area contributed by atoms with Gasteiger partial charge in [0.05, 0.1) is 0 Å². The molecule has 46 heavy (non-hydrogen) atoms. The second-order valence-electron chi connectivity index (χ2n) is 12.0. The van der Waals surface area contributed by atoms with E-state index in [0.29, 0.717) is 19.4 Å². The molecule has 1 aliphatic carbocycles. The minimum absolute atomic E-state index is 0.0914. The van der Waals surface area contributed by atoms with Crippen molar-refractivity contribution in [1.82, 2.24) is 21.3 Å². The Bertz CT molecular complexity index is 1460. The molecule has 3 aromatic carbocycles. The first kappa shape index (κ1) is 34.0. The molecule has 3 aromatic rings. The third-order valence-electron chi connectivity index (χ3n) is 7.98. The van der Waals surface area contributed by atoms with Crippen molar-refractivity contribution in [3.63, 3.8) is 0 Å². The topological polar surface area (TPSA) is 142 Å². The minimum atomic E-state index is -0.971. The number of guanidine groups is 1. The molecule has 0 saturated heterocycles. The Morgan fingerprint density at radius 1 is 0.848 bits per heavy atom. The number of hydrogen-bond acceptors (Lipinski definition) is 6. The van der Waals surface area contributed by atoms with E-state index in [1.165, 1.54) is 0 Å². The molecule has 0 aliphatic heterocycles. The van der Waals surface area contributed by atoms with Gasteiger partial charge in [-0.25, -0.2) is 9.59 Å². The summed E-state index contributed by atoms with van der Waals surface area (Å²) in [6.45, 7) is 6.51. The Balaban J connectivity index is 1.41. The first-order chi connectivity index (χ1) is 22.2. The fraction of sp³-hybridized carbons (Fsp3) is 0.389. The van der Waals surface area contributed by atoms with Crippen molar-refractivity contribution < 1.29 is 23.9 Å². The summed E-state index contributed by atoms with van der Waals surface area (Å²) in [5.41, 5.74) is 6.37. The Hall–Kier alpha value is -4.86. The molecule has 0 radical (unpaired) electrons. The lowest BCUT2D eigenvalue weighted by Crippen LogP contribution is -2.52. The monoisotopic (exact) mass is 627 g/mol. The molecule has 2 amide bonds. The highest BCUT2D eigenvalue weighted by atomic mass is 16.5. The quantitative estimate of drug-likeness (QED) is 0.0733. The second-order valence-corrected chi connectivity index (χ2v) is 12.0. The third kappa shape index (κ3) is 9.32. The van der Waals surface area contributed by atoms with Crippen LogP contribution in [0.5, 0.6) is 0 Å². The number of carbonyl (C=O) groups is 3. The Labute approximate surface area is 271 Å². The molecule has 10 heteroatoms. The van der Waals surface area contributed by atoms with Gasteiger partial charge in [0.1, 0.15) is 25.3 Å². The van der Waals surface area contributed by atoms with Gasteiger partial charge in [-0.05, 0) is 59.9 Å². The third-order valence-corrected chi connectivity index (χ3v) is 7.98. The number of esters is 1. The van der Waals surface area contributed by atoms with Crippen LogP contribution in [0.25, 0.3) is 11.1 Å². The Kier molecular flexibility index (Phi) is 12.2. The standard InChI is InChI=1S/C36H45N5O5/c1-23(2)20-32(34(43)45-21-25-17-15-24(3)16-18-25)40-33(42)31(14-9-19-39-35(37)38-4)41-36(44)46-22-30-28-12-7-5-10-26(28)27-11-6-8-13-29(27)30/h5-8,10-13,15-18,23,30-32H,9,14,19-22H2,1-4H3,(H,40,42)(H,41,44)(H3,37,38,39)/t31-,32+/m1/s1. The van der Waals surface area contributed by atoms with Crippen LogP contribution in [0.15, 0.2) is 72.8 Å². The molecule has 0 fully saturated rings. The molecular formula is C36H45N5O5. The van der Waals surface area contributed by atoms with Gasteiger partial charge in [0.15, 0.2) is 5.96 Å². The SMILES string of the molecule is CNC(=N)NCCC[C@@H](NC(=O)OCC1c2ccccc2-c2ccccc21)C(=O)N[C@@H](CC(C)C)C(=O)OCc1ccc(C)cc1. The van der Waals surface area contributed by atoms with Crippen LogP contribution in [0.1, 0.15) is 61.3 Å². The van der Waals surface area contributed by atoms with Gasteiger partial charge in [0.25, 0.3) is 0 Å². The smallest absolute Gasteiger partial charge is 0.407 e. The molecule has 0 saturated carbocycles. The van der Waals surface area contributed by atoms with Gasteiger partial charge in [-0.15, -0.1) is 0 Å². The summed E-state index contributed by atoms with van der Waals surface area (Å²) in [4.78, 5) is 39.9. The maximum absolute atomic E-state index is 13.6. The molecule has 0 spiro atoms. The molecule has 2 atom stereocenters. The molecule has 0 bridgehead atoms. The average Bonchev–Trinajstić information content (AvgIpc) is 3.37. The van der Waals surface area contributed by atoms with Gasteiger partial charge in [-0.3, -0.25) is 10.2 Å². The fourth-order valence-corrected chi connectivity index (χ4v) is 5.56. The summed E-state index contributed by atoms with van der Waals surface area (Å²) in [5.74, 6) is -0.913. The lowest BCUT2D eigenvalue weighted by Gasteiger charge is -2.24. The van der Waals surface area contributed by atoms with Crippen LogP contribution in [0.3, 0.4) is 0 Å². The van der Waals surface area contributed by atoms with Crippen LogP contribution in [-0.4, -0.2) is 56.2 Å². The second kappa shape index (κ2) is 16.5. The van der Waals surface area contributed by atoms with Crippen molar-refractivity contribution in [2.75, 3.05) is 20.2 Å². The number of alkyl carbamates (subject to hydrolysis) is 1. The molecule has 10 nitrogen and oxygen atoms in total. The van der Waals surface area contributed by atoms with Crippen molar-refractivity contribution in [3.05, 3.63) is 95.1 Å². The van der Waals surface area contributed by atoms with E-state index >= 15 is 0 Å². The van der Waals surface area contributed by atoms with E-state index in [1.807, 2.05) is 81.4 Å². The molecule has 1 aliphatic rings. The molecule has 0 heterocycles. The van der Waals surface area contributed by atoms with E-state index in [0.717, 1.165) is 33.4 Å². The van der Waals surface area contributed by atoms with E-state index in [-0.39, 0.29) is 37.4 Å². The van der Waals surface area contributed by atoms with E-state index < -0.39 is 30.1 Å². The number of carbonyl (C=O) groups excluding carboxylic acids is 3. The highest BCUT2D eigenvalue weighted by molar-refractivity contribution is 5.89. The Morgan fingerprint density at radius 2 is 1.48 bits per heavy atom. The maximum Gasteiger partial charge on any atom is 0.407 e. The zero-order valence-corrected chi connectivity index (χ0v) is 27.0. The highest BCUT2D eigenvalue weighted by Crippen LogP contribution is 2.44. The van der Waals surface area contributed by atoms with Crippen molar-refractivity contribution in [1.29, 1.82) is 5.41 Å². The van der Waals surface area contributed by atoms with E-state index in [9.17, 15) is 14.4 Å². The van der Waals surface area contributed by atoms with Crippen LogP contribution in [0.4, 0.5) is 4.79 Å². The largest absolute Gasteiger partial charge is 0.459 e. The van der Waals surface area contributed by atoms with Crippen LogP contribution < -0.4 is 21.3 Å². The molecule has 244 valence electrons. The van der Waals surface area contributed by atoms with E-state index in [1.54, 1.807) is 7.05 Å². The predicted molar refractivity (Wildman–Crippen MR) is 178 cm³/mol. The number of fused-ring (bicyclic) bond motifs is 3. The zero-order valence-electron chi connectivity index (χ0n) is 27.0. The molecule has 0 aromatic heterocycles. The average molecular weight is 628 g/mol. The molecule has 4 rings (SSSR count). The van der Waals surface area contributed by atoms with E-state index in [4.69, 9.17) is 14.9 Å². The summed E-state index contributed by atoms with van der Waals surface area (Å²) < 4.78 is 11.3. The van der Waals surface area contributed by atoms with Crippen molar-refractivity contribution in [3.8, 4) is 11.1 Å². The number of benzene rings is 3. The van der Waals surface area contributed by atoms with Crippen LogP contribution in [0, 0.1) is 18.3 Å². The van der Waals surface area contributed by atoms with Gasteiger partial charge in [0, 0.05) is 19.5 Å². The predicted octanol–water partition coefficient (Wildman–Crippen LogP) is 5.00. The maximum atomic E-state index is 13.6. The summed E-state index contributed by atoms with van der Waals surface area (Å²) in [5, 5.41) is 18.9. The van der Waals surface area contributed by atoms with Gasteiger partial charge in [0.2, 0.25) is 5.91 Å². The molecular weight excluding hydrogens is 582 g/mol. The van der Waals surface area contributed by atoms with Gasteiger partial charge >= 0.3 is 12.1 Å². The number of aryl methyl sites for hydroxylation is 1.